The van der Waals surface area contributed by atoms with E-state index in [1.54, 1.807) is 0 Å². The van der Waals surface area contributed by atoms with Crippen molar-refractivity contribution in [2.45, 2.75) is 194 Å². The second kappa shape index (κ2) is 42.8. The van der Waals surface area contributed by atoms with Crippen LogP contribution in [0.3, 0.4) is 0 Å². The summed E-state index contributed by atoms with van der Waals surface area (Å²) in [6.07, 6.45) is -17.3. The van der Waals surface area contributed by atoms with Gasteiger partial charge >= 0.3 is 12.1 Å². The van der Waals surface area contributed by atoms with Crippen molar-refractivity contribution >= 4 is 80.7 Å². The Kier molecular flexibility index (Phi) is 32.0. The number of carbonyl (C=O) groups is 9. The molecule has 11 bridgehead atoms. The number of aromatic hydroxyl groups is 2. The summed E-state index contributed by atoms with van der Waals surface area (Å²) in [6, 6.07) is 8.81. The lowest BCUT2D eigenvalue weighted by atomic mass is 9.88. The molecule has 8 amide bonds. The highest BCUT2D eigenvalue weighted by molar-refractivity contribution is 7.89. The maximum atomic E-state index is 16.6. The summed E-state index contributed by atoms with van der Waals surface area (Å²) in [5.74, 6) is -15.5. The lowest BCUT2D eigenvalue weighted by Crippen LogP contribution is -2.62. The molecule has 0 unspecified atom stereocenters. The van der Waals surface area contributed by atoms with Crippen LogP contribution in [0.4, 0.5) is 10.5 Å². The number of nitrogens with two attached hydrogens (primary N) is 2. The van der Waals surface area contributed by atoms with Crippen molar-refractivity contribution in [2.24, 2.45) is 17.4 Å². The third-order valence-corrected chi connectivity index (χ3v) is 24.3. The number of benzene rings is 7. The van der Waals surface area contributed by atoms with Gasteiger partial charge in [0, 0.05) is 54.5 Å². The predicted octanol–water partition coefficient (Wildman–Crippen LogP) is 2.92. The number of aryl methyl sites for hydroxylation is 1. The molecule has 18 atom stereocenters. The molecule has 7 heterocycles. The number of fused-ring (bicyclic) bond motifs is 15. The number of phenolic OH excluding ortho intramolecular Hbond substituents is 2. The van der Waals surface area contributed by atoms with E-state index < -0.39 is 271 Å². The van der Waals surface area contributed by atoms with Gasteiger partial charge in [0.2, 0.25) is 63.4 Å². The van der Waals surface area contributed by atoms with E-state index in [1.165, 1.54) is 94.7 Å². The van der Waals surface area contributed by atoms with Crippen molar-refractivity contribution in [1.82, 2.24) is 47.3 Å². The molecule has 23 N–H and O–H groups in total. The Morgan fingerprint density at radius 1 is 0.710 bits per heavy atom. The summed E-state index contributed by atoms with van der Waals surface area (Å²) in [5.41, 5.74) is 8.65. The molecule has 7 aliphatic heterocycles. The number of aliphatic hydroxyl groups excluding tert-OH is 6. The minimum atomic E-state index is -4.22. The molecular weight excluding hydrogens is 1760 g/mol. The van der Waals surface area contributed by atoms with Crippen LogP contribution in [0.15, 0.2) is 126 Å². The maximum Gasteiger partial charge on any atom is 0.417 e. The number of likely N-dealkylation sites (N-methyl/N-ethyl adjacent to an activating group) is 1. The van der Waals surface area contributed by atoms with E-state index in [1.807, 2.05) is 20.8 Å². The van der Waals surface area contributed by atoms with Crippen LogP contribution in [-0.4, -0.2) is 228 Å². The Morgan fingerprint density at radius 2 is 1.37 bits per heavy atom. The highest BCUT2D eigenvalue weighted by Crippen LogP contribution is 2.51. The molecule has 14 rings (SSSR count). The van der Waals surface area contributed by atoms with Gasteiger partial charge in [-0.3, -0.25) is 38.9 Å². The first-order chi connectivity index (χ1) is 62.4. The van der Waals surface area contributed by atoms with E-state index in [2.05, 4.69) is 52.6 Å². The van der Waals surface area contributed by atoms with Crippen molar-refractivity contribution in [3.8, 4) is 68.6 Å². The first-order valence-corrected chi connectivity index (χ1v) is 43.9. The number of hydrogen-bond donors (Lipinski definition) is 21. The Hall–Kier alpha value is -12.1. The zero-order valence-electron chi connectivity index (χ0n) is 71.9. The first kappa shape index (κ1) is 97.9. The zero-order chi connectivity index (χ0) is 94.7. The molecule has 0 aliphatic carbocycles. The molecule has 2 fully saturated rings. The first-order valence-electron chi connectivity index (χ1n) is 42.0. The third-order valence-electron chi connectivity index (χ3n) is 22.5. The molecular formula is C88H105ClN12O29S. The standard InChI is InChI=1S/C88H105ClN12O29S/c1-8-9-10-27-123-48-18-20-49(21-19-48)131(120,121)94-26-25-93-37-52-60(128-88(119)95-46-14-16-47(122-7)17-15-46)34-51-66(75(52)108)50-30-42(11-22-57(50)103)67-82(113)101-71(85(116)99-69(51)86(117)118)74(107)44-13-24-59(53(89)31-44)126-62-33-45-32-61(78(62)130-87-79(77(110)76(109)63(38-102)127-87)129-65-35-54(90)72(105)41(5)124-65)125-58-23-12-43(29-40(58)4)73(106)70(100-80(111)55(92-6)28-39(2)3)84(115)96-56(36-64(91)104)81(112)97-68(45)83(114)98-67/h11-24,29-34,39,41,54-56,63,65,67-74,76-77,79,87,92-94,102-103,105-110H,8-10,25-28,35-38,90H2,1-7H3,(H2,91,104)(H,95,119)(H,96,115)(H,97,112)(H,98,114)(H,99,116)(H,100,111)(H,101,113)(H,117,118)/t41-,54-,55+,56-,63+,65-,67+,68+,69-,70+,71-,72+,73+,74+,76+,77-,79+,87-/m0/s1. The average Bonchev–Trinajstić information content (AvgIpc) is 0.749. The molecule has 2 saturated heterocycles. The van der Waals surface area contributed by atoms with Gasteiger partial charge in [0.1, 0.15) is 101 Å². The third kappa shape index (κ3) is 23.1. The van der Waals surface area contributed by atoms with Crippen LogP contribution in [0.5, 0.6) is 57.5 Å². The number of ether oxygens (including phenoxy) is 9. The highest BCUT2D eigenvalue weighted by atomic mass is 35.5. The molecule has 0 spiro atoms. The molecule has 0 aromatic heterocycles. The molecule has 7 aromatic carbocycles. The number of sulfonamides is 1. The van der Waals surface area contributed by atoms with Crippen molar-refractivity contribution < 1.29 is 140 Å². The molecule has 131 heavy (non-hydrogen) atoms. The van der Waals surface area contributed by atoms with E-state index in [0.29, 0.717) is 18.1 Å². The van der Waals surface area contributed by atoms with Gasteiger partial charge in [0.25, 0.3) is 0 Å². The molecule has 43 heteroatoms. The van der Waals surface area contributed by atoms with Crippen molar-refractivity contribution in [3.05, 3.63) is 165 Å². The number of anilines is 1. The van der Waals surface area contributed by atoms with Crippen molar-refractivity contribution in [2.75, 3.05) is 45.8 Å². The van der Waals surface area contributed by atoms with Crippen LogP contribution in [0.1, 0.15) is 135 Å². The number of carboxylic acids is 1. The van der Waals surface area contributed by atoms with Crippen LogP contribution in [-0.2, 0) is 69.1 Å². The minimum absolute atomic E-state index is 0.0618. The predicted molar refractivity (Wildman–Crippen MR) is 464 cm³/mol. The Labute approximate surface area is 755 Å². The smallest absolute Gasteiger partial charge is 0.417 e. The average molecular weight is 1860 g/mol. The fourth-order valence-electron chi connectivity index (χ4n) is 15.5. The van der Waals surface area contributed by atoms with E-state index in [4.69, 9.17) is 65.7 Å². The lowest BCUT2D eigenvalue weighted by Gasteiger charge is -2.44. The monoisotopic (exact) mass is 1860 g/mol. The number of phenols is 2. The Morgan fingerprint density at radius 3 is 2.01 bits per heavy atom. The number of carboxylic acid groups (broad SMARTS) is 1. The fraction of sp³-hybridized carbons (Fsp3) is 0.420. The Bertz CT molecular complexity index is 5500. The van der Waals surface area contributed by atoms with Gasteiger partial charge < -0.3 is 143 Å². The van der Waals surface area contributed by atoms with Crippen LogP contribution in [0.25, 0.3) is 11.1 Å². The van der Waals surface area contributed by atoms with Crippen LogP contribution in [0.2, 0.25) is 5.02 Å². The van der Waals surface area contributed by atoms with Gasteiger partial charge in [0.15, 0.2) is 29.9 Å². The van der Waals surface area contributed by atoms with Gasteiger partial charge in [-0.15, -0.1) is 0 Å². The number of halogens is 1. The van der Waals surface area contributed by atoms with Gasteiger partial charge in [-0.05, 0) is 171 Å². The summed E-state index contributed by atoms with van der Waals surface area (Å²) in [5, 5.41) is 130. The number of amides is 8. The second-order valence-electron chi connectivity index (χ2n) is 32.4. The topological polar surface area (TPSA) is 625 Å². The summed E-state index contributed by atoms with van der Waals surface area (Å²) in [4.78, 5) is 135. The van der Waals surface area contributed by atoms with E-state index >= 15 is 24.0 Å². The largest absolute Gasteiger partial charge is 0.507 e. The summed E-state index contributed by atoms with van der Waals surface area (Å²) in [6.45, 7) is 6.83. The fourth-order valence-corrected chi connectivity index (χ4v) is 16.7. The number of aliphatic hydroxyl groups is 6. The number of carbonyl (C=O) groups excluding carboxylic acids is 8. The normalized spacial score (nSPS) is 24.8. The van der Waals surface area contributed by atoms with Gasteiger partial charge in [0.05, 0.1) is 60.5 Å². The number of nitrogens with one attached hydrogen (secondary N) is 10. The van der Waals surface area contributed by atoms with E-state index in [-0.39, 0.29) is 64.9 Å². The Balaban J connectivity index is 1.05. The zero-order valence-corrected chi connectivity index (χ0v) is 73.5. The van der Waals surface area contributed by atoms with E-state index in [9.17, 15) is 73.6 Å². The maximum absolute atomic E-state index is 16.6. The SMILES string of the molecule is CCCCCOc1ccc(S(=O)(=O)NCCNCc2c(OC(=O)Nc3ccc(OC)cc3)cc3c(c2O)-c2cc(ccc2O)[C@H]2NC(=O)[C@@H]4NC(=O)[C@H](CC(N)=O)NC(=O)[C@H](NC(=O)[C@@H](CC(C)C)NC)[C@H](O)c5ccc(c(C)c5)Oc5cc4cc(c5O[C@@H]4O[C@H](CO)[C@@H](O)[C@H](O)[C@H]4O[C@H]4C[C@H](N)[C@H](O)[C@H](C)O4)Oc4ccc(cc4Cl)[C@@H](O)[C@H](NC2=O)C(=O)N[C@@H]3C(=O)O)cc1. The molecule has 7 aromatic rings. The number of aliphatic carboxylic acids is 1. The summed E-state index contributed by atoms with van der Waals surface area (Å²) >= 11 is 7.21. The number of hydrogen-bond acceptors (Lipinski definition) is 31. The van der Waals surface area contributed by atoms with E-state index in [0.717, 1.165) is 73.9 Å². The number of methoxy groups -OCH3 is 1. The van der Waals surface area contributed by atoms with Gasteiger partial charge in [-0.25, -0.2) is 22.7 Å². The number of rotatable bonds is 28. The molecule has 41 nitrogen and oxygen atoms in total. The van der Waals surface area contributed by atoms with Crippen LogP contribution in [0, 0.1) is 12.8 Å². The number of unbranched alkanes of at least 4 members (excludes halogenated alkanes) is 2. The molecule has 7 aliphatic rings. The summed E-state index contributed by atoms with van der Waals surface area (Å²) < 4.78 is 85.6. The summed E-state index contributed by atoms with van der Waals surface area (Å²) in [7, 11) is -1.34. The number of primary amides is 1. The molecule has 704 valence electrons. The minimum Gasteiger partial charge on any atom is -0.507 e. The lowest BCUT2D eigenvalue weighted by molar-refractivity contribution is -0.330. The molecule has 0 radical (unpaired) electrons. The quantitative estimate of drug-likeness (QED) is 0.0313. The van der Waals surface area contributed by atoms with Crippen molar-refractivity contribution in [1.29, 1.82) is 0 Å². The highest BCUT2D eigenvalue weighted by Gasteiger charge is 2.51. The van der Waals surface area contributed by atoms with Crippen molar-refractivity contribution in [3.63, 3.8) is 0 Å². The van der Waals surface area contributed by atoms with Gasteiger partial charge in [-0.2, -0.15) is 0 Å². The van der Waals surface area contributed by atoms with Crippen LogP contribution < -0.4 is 92.5 Å². The van der Waals surface area contributed by atoms with Crippen LogP contribution >= 0.6 is 11.6 Å². The second-order valence-corrected chi connectivity index (χ2v) is 34.5. The van der Waals surface area contributed by atoms with Gasteiger partial charge in [-0.1, -0.05) is 63.4 Å². The molecule has 0 saturated carbocycles.